The van der Waals surface area contributed by atoms with Gasteiger partial charge in [-0.15, -0.1) is 48.1 Å². The number of hydrogen-bond donors (Lipinski definition) is 0. The molecule has 8 aromatic rings. The van der Waals surface area contributed by atoms with Crippen molar-refractivity contribution in [3.05, 3.63) is 175 Å². The smallest absolute Gasteiger partial charge is 0.135 e. The molecular weight excluding hydrogens is 964 g/mol. The fourth-order valence-corrected chi connectivity index (χ4v) is 8.45. The molecule has 0 bridgehead atoms. The van der Waals surface area contributed by atoms with Crippen LogP contribution in [0.1, 0.15) is 105 Å². The largest absolute Gasteiger partial charge is 0.509 e. The minimum absolute atomic E-state index is 0. The van der Waals surface area contributed by atoms with Crippen LogP contribution in [0.25, 0.3) is 38.8 Å². The van der Waals surface area contributed by atoms with Gasteiger partial charge < -0.3 is 19.1 Å². The number of hydrogen-bond acceptors (Lipinski definition) is 4. The van der Waals surface area contributed by atoms with E-state index in [4.69, 9.17) is 9.72 Å². The Hall–Kier alpha value is -5.64. The van der Waals surface area contributed by atoms with E-state index in [-0.39, 0.29) is 42.7 Å². The van der Waals surface area contributed by atoms with Crippen molar-refractivity contribution in [3.8, 4) is 28.4 Å². The molecule has 6 aromatic carbocycles. The molecule has 64 heavy (non-hydrogen) atoms. The molecule has 0 amide bonds. The molecule has 0 saturated heterocycles. The number of ether oxygens (including phenoxy) is 1. The number of rotatable bonds is 6. The van der Waals surface area contributed by atoms with Crippen LogP contribution >= 0.6 is 0 Å². The van der Waals surface area contributed by atoms with Crippen LogP contribution < -0.4 is 14.5 Å². The Labute approximate surface area is 395 Å². The van der Waals surface area contributed by atoms with Crippen LogP contribution in [0.3, 0.4) is 0 Å². The molecule has 0 atom stereocenters. The summed E-state index contributed by atoms with van der Waals surface area (Å²) in [6.45, 7) is 29.6. The van der Waals surface area contributed by atoms with Gasteiger partial charge in [-0.05, 0) is 103 Å². The van der Waals surface area contributed by atoms with Crippen LogP contribution in [-0.2, 0) is 42.7 Å². The molecule has 1 aliphatic rings. The van der Waals surface area contributed by atoms with Crippen molar-refractivity contribution < 1.29 is 25.8 Å². The van der Waals surface area contributed by atoms with Gasteiger partial charge >= 0.3 is 0 Å². The number of nitrogens with zero attached hydrogens (tertiary/aromatic N) is 4. The van der Waals surface area contributed by atoms with E-state index in [1.54, 1.807) is 0 Å². The fraction of sp³-hybridized carbons (Fsp3) is 0.276. The molecule has 0 N–H and O–H groups in total. The van der Waals surface area contributed by atoms with Crippen molar-refractivity contribution in [1.29, 1.82) is 0 Å². The number of anilines is 4. The van der Waals surface area contributed by atoms with E-state index in [1.165, 1.54) is 33.4 Å². The van der Waals surface area contributed by atoms with E-state index in [0.29, 0.717) is 11.5 Å². The summed E-state index contributed by atoms with van der Waals surface area (Å²) < 4.78 is 8.83. The summed E-state index contributed by atoms with van der Waals surface area (Å²) in [5.41, 5.74) is 13.7. The quantitative estimate of drug-likeness (QED) is 0.155. The van der Waals surface area contributed by atoms with Gasteiger partial charge in [-0.1, -0.05) is 143 Å². The molecule has 9 rings (SSSR count). The van der Waals surface area contributed by atoms with Crippen molar-refractivity contribution in [2.45, 2.75) is 105 Å². The average Bonchev–Trinajstić information content (AvgIpc) is 3.78. The number of benzene rings is 6. The number of pyridine rings is 1. The summed E-state index contributed by atoms with van der Waals surface area (Å²) in [5.74, 6) is 2.07. The normalized spacial score (nSPS) is 13.4. The minimum Gasteiger partial charge on any atom is -0.509 e. The van der Waals surface area contributed by atoms with Crippen LogP contribution in [0.15, 0.2) is 134 Å². The zero-order valence-corrected chi connectivity index (χ0v) is 41.6. The predicted octanol–water partition coefficient (Wildman–Crippen LogP) is 15.8. The van der Waals surface area contributed by atoms with Crippen LogP contribution in [0.2, 0.25) is 0 Å². The van der Waals surface area contributed by atoms with Gasteiger partial charge in [0.1, 0.15) is 5.82 Å². The van der Waals surface area contributed by atoms with Gasteiger partial charge in [-0.3, -0.25) is 0 Å². The number of para-hydroxylation sites is 3. The van der Waals surface area contributed by atoms with Crippen molar-refractivity contribution in [2.75, 3.05) is 9.80 Å². The Morgan fingerprint density at radius 3 is 1.73 bits per heavy atom. The summed E-state index contributed by atoms with van der Waals surface area (Å²) >= 11 is 0. The summed E-state index contributed by atoms with van der Waals surface area (Å²) in [6, 6.07) is 53.1. The number of fused-ring (bicyclic) bond motifs is 4. The molecule has 3 heterocycles. The van der Waals surface area contributed by atoms with E-state index in [2.05, 4.69) is 225 Å². The third kappa shape index (κ3) is 8.64. The Morgan fingerprint density at radius 2 is 1.08 bits per heavy atom. The first-order valence-electron chi connectivity index (χ1n) is 22.2. The summed E-state index contributed by atoms with van der Waals surface area (Å²) in [6.07, 6.45) is 1.90. The van der Waals surface area contributed by atoms with Crippen molar-refractivity contribution in [2.24, 2.45) is 0 Å². The maximum atomic E-state index is 6.64. The Morgan fingerprint density at radius 1 is 0.500 bits per heavy atom. The second kappa shape index (κ2) is 16.4. The van der Waals surface area contributed by atoms with Crippen LogP contribution in [0, 0.1) is 18.8 Å². The van der Waals surface area contributed by atoms with Crippen LogP contribution in [0.5, 0.6) is 11.5 Å². The second-order valence-electron chi connectivity index (χ2n) is 21.3. The van der Waals surface area contributed by atoms with Crippen LogP contribution in [-0.4, -0.2) is 9.55 Å². The van der Waals surface area contributed by atoms with Gasteiger partial charge in [-0.25, -0.2) is 4.98 Å². The first-order chi connectivity index (χ1) is 29.7. The molecule has 0 saturated carbocycles. The Bertz CT molecular complexity index is 2990. The third-order valence-corrected chi connectivity index (χ3v) is 12.3. The van der Waals surface area contributed by atoms with E-state index < -0.39 is 0 Å². The molecular formula is C58H59N4OPt-3. The summed E-state index contributed by atoms with van der Waals surface area (Å²) in [7, 11) is 0. The molecule has 0 fully saturated rings. The molecule has 5 nitrogen and oxygen atoms in total. The molecule has 0 unspecified atom stereocenters. The Kier molecular flexibility index (Phi) is 11.5. The number of aromatic nitrogens is 2. The second-order valence-corrected chi connectivity index (χ2v) is 21.3. The molecule has 0 radical (unpaired) electrons. The van der Waals surface area contributed by atoms with Crippen LogP contribution in [0.4, 0.5) is 22.7 Å². The van der Waals surface area contributed by atoms with Crippen molar-refractivity contribution in [3.63, 3.8) is 0 Å². The van der Waals surface area contributed by atoms with E-state index in [9.17, 15) is 0 Å². The summed E-state index contributed by atoms with van der Waals surface area (Å²) in [4.78, 5) is 9.38. The first-order valence-corrected chi connectivity index (χ1v) is 22.2. The molecule has 1 aliphatic heterocycles. The van der Waals surface area contributed by atoms with Gasteiger partial charge in [0.05, 0.1) is 0 Å². The average molecular weight is 1020 g/mol. The van der Waals surface area contributed by atoms with Crippen molar-refractivity contribution >= 4 is 44.6 Å². The molecule has 2 aromatic heterocycles. The SMILES string of the molecule is CC(C)(C)c1cc(-c2cc(C(C)(C)C)cc(C(C)(C)C)c2)cc(N2[CH-]N(c3[c-]c(Oc4[c-]c5c(cc4)c4ccccc4n5-c4cc(C(C)(C)C)ccn4)ccc3)c3ccccc32)c1.[Pt]. The van der Waals surface area contributed by atoms with Gasteiger partial charge in [0.15, 0.2) is 0 Å². The monoisotopic (exact) mass is 1020 g/mol. The Balaban J connectivity index is 0.00000560. The maximum absolute atomic E-state index is 6.64. The fourth-order valence-electron chi connectivity index (χ4n) is 8.45. The molecule has 0 aliphatic carbocycles. The third-order valence-electron chi connectivity index (χ3n) is 12.3. The topological polar surface area (TPSA) is 33.5 Å². The van der Waals surface area contributed by atoms with E-state index in [1.807, 2.05) is 24.4 Å². The molecule has 6 heteroatoms. The van der Waals surface area contributed by atoms with Gasteiger partial charge in [-0.2, -0.15) is 12.1 Å². The standard InChI is InChI=1S/C58H59N4O.Pt/c1-55(2,3)40-26-27-59-54(34-40)62-50-21-14-13-20-48(50)49-25-24-47(36-53(49)62)63-46-19-17-18-44(35-46)60-37-61(52-23-16-15-22-51(52)60)45-31-39(30-43(33-45)58(10,11)12)38-28-41(56(4,5)6)32-42(29-38)57(7,8)9;/h13-34,37H,1-12H3;/q-3;. The van der Waals surface area contributed by atoms with E-state index in [0.717, 1.165) is 50.4 Å². The zero-order chi connectivity index (χ0) is 44.6. The predicted molar refractivity (Wildman–Crippen MR) is 264 cm³/mol. The molecule has 330 valence electrons. The van der Waals surface area contributed by atoms with Crippen molar-refractivity contribution in [1.82, 2.24) is 9.55 Å². The first kappa shape index (κ1) is 44.9. The maximum Gasteiger partial charge on any atom is 0.135 e. The van der Waals surface area contributed by atoms with Gasteiger partial charge in [0, 0.05) is 61.3 Å². The van der Waals surface area contributed by atoms with Gasteiger partial charge in [0.2, 0.25) is 0 Å². The minimum atomic E-state index is -0.0704. The zero-order valence-electron chi connectivity index (χ0n) is 39.3. The summed E-state index contributed by atoms with van der Waals surface area (Å²) in [5, 5.41) is 2.24. The van der Waals surface area contributed by atoms with E-state index >= 15 is 0 Å². The van der Waals surface area contributed by atoms with Gasteiger partial charge in [0.25, 0.3) is 0 Å². The molecule has 0 spiro atoms.